The standard InChI is InChI=1S/C27H36N4O2/c1-21(32)29-27-18-28-15-12-24(27)25(22-8-4-2-5-9-22)31(20-27)19-26(33)13-16-30(17-14-26)23-10-6-3-7-11-23/h2-11,24-25,28,33H,12-20H2,1H3,(H,29,32)/t24-,25-,27-/m1/s1. The molecule has 3 aliphatic heterocycles. The average molecular weight is 449 g/mol. The molecule has 0 aliphatic carbocycles. The fourth-order valence-electron chi connectivity index (χ4n) is 6.46. The molecule has 0 radical (unpaired) electrons. The summed E-state index contributed by atoms with van der Waals surface area (Å²) in [7, 11) is 0. The van der Waals surface area contributed by atoms with Crippen molar-refractivity contribution in [3.63, 3.8) is 0 Å². The fraction of sp³-hybridized carbons (Fsp3) is 0.519. The van der Waals surface area contributed by atoms with Crippen molar-refractivity contribution in [2.75, 3.05) is 44.2 Å². The molecule has 3 fully saturated rings. The zero-order valence-corrected chi connectivity index (χ0v) is 19.5. The van der Waals surface area contributed by atoms with Crippen molar-refractivity contribution >= 4 is 11.6 Å². The third kappa shape index (κ3) is 4.52. The zero-order chi connectivity index (χ0) is 22.9. The molecular formula is C27H36N4O2. The smallest absolute Gasteiger partial charge is 0.217 e. The molecule has 6 heteroatoms. The summed E-state index contributed by atoms with van der Waals surface area (Å²) in [5, 5.41) is 18.5. The van der Waals surface area contributed by atoms with Gasteiger partial charge in [-0.15, -0.1) is 0 Å². The van der Waals surface area contributed by atoms with Crippen LogP contribution >= 0.6 is 0 Å². The lowest BCUT2D eigenvalue weighted by molar-refractivity contribution is -0.121. The van der Waals surface area contributed by atoms with Crippen LogP contribution in [0, 0.1) is 5.92 Å². The summed E-state index contributed by atoms with van der Waals surface area (Å²) in [6.45, 7) is 6.45. The topological polar surface area (TPSA) is 67.8 Å². The lowest BCUT2D eigenvalue weighted by atomic mass is 9.76. The Morgan fingerprint density at radius 3 is 2.42 bits per heavy atom. The first kappa shape index (κ1) is 22.4. The molecule has 3 aliphatic rings. The Morgan fingerprint density at radius 2 is 1.76 bits per heavy atom. The van der Waals surface area contributed by atoms with Crippen LogP contribution in [0.15, 0.2) is 60.7 Å². The van der Waals surface area contributed by atoms with Gasteiger partial charge in [0.2, 0.25) is 5.91 Å². The van der Waals surface area contributed by atoms with Gasteiger partial charge in [-0.1, -0.05) is 48.5 Å². The number of hydrogen-bond acceptors (Lipinski definition) is 5. The van der Waals surface area contributed by atoms with Crippen LogP contribution in [0.5, 0.6) is 0 Å². The van der Waals surface area contributed by atoms with Gasteiger partial charge in [-0.25, -0.2) is 0 Å². The molecule has 6 nitrogen and oxygen atoms in total. The molecule has 2 aromatic rings. The summed E-state index contributed by atoms with van der Waals surface area (Å²) in [4.78, 5) is 17.0. The van der Waals surface area contributed by atoms with E-state index in [1.807, 2.05) is 6.07 Å². The second-order valence-corrected chi connectivity index (χ2v) is 10.2. The molecule has 3 heterocycles. The molecule has 5 rings (SSSR count). The Morgan fingerprint density at radius 1 is 1.09 bits per heavy atom. The van der Waals surface area contributed by atoms with Crippen LogP contribution < -0.4 is 15.5 Å². The van der Waals surface area contributed by atoms with Crippen molar-refractivity contribution in [3.05, 3.63) is 66.2 Å². The molecule has 3 saturated heterocycles. The number of fused-ring (bicyclic) bond motifs is 1. The first-order valence-electron chi connectivity index (χ1n) is 12.3. The van der Waals surface area contributed by atoms with Gasteiger partial charge in [0.05, 0.1) is 11.1 Å². The summed E-state index contributed by atoms with van der Waals surface area (Å²) in [6.07, 6.45) is 2.50. The number of rotatable bonds is 5. The normalized spacial score (nSPS) is 29.5. The SMILES string of the molecule is CC(=O)N[C@@]12CNCC[C@@H]1[C@@H](c1ccccc1)N(CC1(O)CCN(c3ccccc3)CC1)C2. The zero-order valence-electron chi connectivity index (χ0n) is 19.5. The van der Waals surface area contributed by atoms with Gasteiger partial charge in [0.1, 0.15) is 0 Å². The highest BCUT2D eigenvalue weighted by molar-refractivity contribution is 5.74. The number of likely N-dealkylation sites (tertiary alicyclic amines) is 1. The van der Waals surface area contributed by atoms with Gasteiger partial charge in [-0.2, -0.15) is 0 Å². The van der Waals surface area contributed by atoms with E-state index in [1.54, 1.807) is 6.92 Å². The fourth-order valence-corrected chi connectivity index (χ4v) is 6.46. The second-order valence-electron chi connectivity index (χ2n) is 10.2. The number of nitrogens with zero attached hydrogens (tertiary/aromatic N) is 2. The maximum atomic E-state index is 12.2. The minimum atomic E-state index is -0.726. The molecule has 0 aromatic heterocycles. The number of carbonyl (C=O) groups excluding carboxylic acids is 1. The van der Waals surface area contributed by atoms with Gasteiger partial charge in [-0.3, -0.25) is 9.69 Å². The summed E-state index contributed by atoms with van der Waals surface area (Å²) >= 11 is 0. The van der Waals surface area contributed by atoms with Crippen LogP contribution in [0.25, 0.3) is 0 Å². The molecule has 0 saturated carbocycles. The van der Waals surface area contributed by atoms with Crippen LogP contribution in [0.4, 0.5) is 5.69 Å². The van der Waals surface area contributed by atoms with E-state index in [0.29, 0.717) is 12.5 Å². The average Bonchev–Trinajstić information content (AvgIpc) is 3.12. The third-order valence-corrected chi connectivity index (χ3v) is 7.92. The summed E-state index contributed by atoms with van der Waals surface area (Å²) in [5.74, 6) is 0.338. The summed E-state index contributed by atoms with van der Waals surface area (Å²) < 4.78 is 0. The number of benzene rings is 2. The predicted molar refractivity (Wildman–Crippen MR) is 131 cm³/mol. The van der Waals surface area contributed by atoms with Crippen molar-refractivity contribution in [2.24, 2.45) is 5.92 Å². The van der Waals surface area contributed by atoms with E-state index in [2.05, 4.69) is 75.0 Å². The van der Waals surface area contributed by atoms with Gasteiger partial charge in [-0.05, 0) is 43.5 Å². The van der Waals surface area contributed by atoms with Crippen LogP contribution in [-0.4, -0.2) is 66.3 Å². The summed E-state index contributed by atoms with van der Waals surface area (Å²) in [5.41, 5.74) is 1.48. The number of β-amino-alcohol motifs (C(OH)–C–C–N with tert-alkyl or cyclic N) is 1. The Bertz CT molecular complexity index is 945. The first-order valence-corrected chi connectivity index (χ1v) is 12.3. The minimum Gasteiger partial charge on any atom is -0.388 e. The number of piperidine rings is 2. The minimum absolute atomic E-state index is 0.0206. The molecule has 0 unspecified atom stereocenters. The van der Waals surface area contributed by atoms with Gasteiger partial charge in [0.15, 0.2) is 0 Å². The maximum absolute atomic E-state index is 12.2. The number of anilines is 1. The molecule has 3 N–H and O–H groups in total. The van der Waals surface area contributed by atoms with Gasteiger partial charge in [0.25, 0.3) is 0 Å². The predicted octanol–water partition coefficient (Wildman–Crippen LogP) is 2.56. The highest BCUT2D eigenvalue weighted by Crippen LogP contribution is 2.47. The van der Waals surface area contributed by atoms with Crippen molar-refractivity contribution < 1.29 is 9.90 Å². The van der Waals surface area contributed by atoms with Crippen molar-refractivity contribution in [3.8, 4) is 0 Å². The molecular weight excluding hydrogens is 412 g/mol. The number of carbonyl (C=O) groups is 1. The van der Waals surface area contributed by atoms with E-state index in [1.165, 1.54) is 11.3 Å². The molecule has 1 amide bonds. The largest absolute Gasteiger partial charge is 0.388 e. The lowest BCUT2D eigenvalue weighted by Crippen LogP contribution is -2.63. The number of para-hydroxylation sites is 1. The van der Waals surface area contributed by atoms with Crippen LogP contribution in [0.1, 0.15) is 37.8 Å². The first-order chi connectivity index (χ1) is 16.0. The Hall–Kier alpha value is -2.41. The lowest BCUT2D eigenvalue weighted by Gasteiger charge is -2.42. The third-order valence-electron chi connectivity index (χ3n) is 7.92. The van der Waals surface area contributed by atoms with E-state index in [9.17, 15) is 9.90 Å². The van der Waals surface area contributed by atoms with Crippen molar-refractivity contribution in [1.82, 2.24) is 15.5 Å². The molecule has 2 aromatic carbocycles. The van der Waals surface area contributed by atoms with Gasteiger partial charge >= 0.3 is 0 Å². The molecule has 176 valence electrons. The van der Waals surface area contributed by atoms with E-state index in [0.717, 1.165) is 52.0 Å². The Kier molecular flexibility index (Phi) is 6.16. The molecule has 0 bridgehead atoms. The quantitative estimate of drug-likeness (QED) is 0.656. The Labute approximate surface area is 197 Å². The van der Waals surface area contributed by atoms with Crippen LogP contribution in [0.3, 0.4) is 0 Å². The van der Waals surface area contributed by atoms with E-state index >= 15 is 0 Å². The van der Waals surface area contributed by atoms with Crippen molar-refractivity contribution in [1.29, 1.82) is 0 Å². The van der Waals surface area contributed by atoms with Crippen LogP contribution in [-0.2, 0) is 4.79 Å². The highest BCUT2D eigenvalue weighted by atomic mass is 16.3. The van der Waals surface area contributed by atoms with Crippen molar-refractivity contribution in [2.45, 2.75) is 43.4 Å². The van der Waals surface area contributed by atoms with Crippen LogP contribution in [0.2, 0.25) is 0 Å². The number of aliphatic hydroxyl groups is 1. The number of hydrogen-bond donors (Lipinski definition) is 3. The van der Waals surface area contributed by atoms with Gasteiger partial charge < -0.3 is 20.6 Å². The number of amides is 1. The highest BCUT2D eigenvalue weighted by Gasteiger charge is 2.55. The second kappa shape index (κ2) is 9.09. The Balaban J connectivity index is 1.38. The monoisotopic (exact) mass is 448 g/mol. The van der Waals surface area contributed by atoms with E-state index < -0.39 is 5.60 Å². The summed E-state index contributed by atoms with van der Waals surface area (Å²) in [6, 6.07) is 21.3. The molecule has 0 spiro atoms. The van der Waals surface area contributed by atoms with E-state index in [-0.39, 0.29) is 17.5 Å². The maximum Gasteiger partial charge on any atom is 0.217 e. The van der Waals surface area contributed by atoms with Gasteiger partial charge in [0, 0.05) is 57.3 Å². The van der Waals surface area contributed by atoms with E-state index in [4.69, 9.17) is 0 Å². The molecule has 3 atom stereocenters. The number of nitrogens with one attached hydrogen (secondary N) is 2. The molecule has 33 heavy (non-hydrogen) atoms.